The van der Waals surface area contributed by atoms with Crippen LogP contribution >= 0.6 is 0 Å². The van der Waals surface area contributed by atoms with Crippen molar-refractivity contribution in [3.05, 3.63) is 18.2 Å². The Morgan fingerprint density at radius 3 is 2.88 bits per heavy atom. The molecule has 96 valence electrons. The van der Waals surface area contributed by atoms with E-state index >= 15 is 0 Å². The van der Waals surface area contributed by atoms with Crippen LogP contribution < -0.4 is 5.32 Å². The molecule has 1 fully saturated rings. The standard InChI is InChI=1S/C14H25N3/c1-4-8-17-9-7-15-14(17)13-6-5-12(13)10-16-11(2)3/h7,9,11-13,16H,4-6,8,10H2,1-3H3. The molecule has 1 N–H and O–H groups in total. The summed E-state index contributed by atoms with van der Waals surface area (Å²) in [6, 6.07) is 0.589. The van der Waals surface area contributed by atoms with Crippen LogP contribution in [-0.2, 0) is 6.54 Å². The lowest BCUT2D eigenvalue weighted by Gasteiger charge is -2.37. The smallest absolute Gasteiger partial charge is 0.112 e. The van der Waals surface area contributed by atoms with Crippen molar-refractivity contribution in [2.45, 2.75) is 58.5 Å². The van der Waals surface area contributed by atoms with Crippen LogP contribution in [0, 0.1) is 5.92 Å². The highest BCUT2D eigenvalue weighted by Gasteiger charge is 2.34. The van der Waals surface area contributed by atoms with Gasteiger partial charge in [-0.1, -0.05) is 20.8 Å². The van der Waals surface area contributed by atoms with Crippen LogP contribution in [-0.4, -0.2) is 22.1 Å². The van der Waals surface area contributed by atoms with E-state index in [1.165, 1.54) is 25.1 Å². The molecule has 2 atom stereocenters. The van der Waals surface area contributed by atoms with Crippen molar-refractivity contribution >= 4 is 0 Å². The zero-order chi connectivity index (χ0) is 12.3. The predicted octanol–water partition coefficient (Wildman–Crippen LogP) is 2.78. The highest BCUT2D eigenvalue weighted by atomic mass is 15.1. The Kier molecular flexibility index (Phi) is 4.21. The minimum absolute atomic E-state index is 0.589. The number of rotatable bonds is 6. The lowest BCUT2D eigenvalue weighted by molar-refractivity contribution is 0.226. The topological polar surface area (TPSA) is 29.9 Å². The van der Waals surface area contributed by atoms with Gasteiger partial charge in [0, 0.05) is 30.9 Å². The number of nitrogens with zero attached hydrogens (tertiary/aromatic N) is 2. The van der Waals surface area contributed by atoms with Crippen LogP contribution in [0.1, 0.15) is 51.8 Å². The van der Waals surface area contributed by atoms with Gasteiger partial charge in [0.2, 0.25) is 0 Å². The fourth-order valence-electron chi connectivity index (χ4n) is 2.62. The van der Waals surface area contributed by atoms with Crippen LogP contribution in [0.15, 0.2) is 12.4 Å². The second-order valence-corrected chi connectivity index (χ2v) is 5.49. The third-order valence-electron chi connectivity index (χ3n) is 3.75. The van der Waals surface area contributed by atoms with Gasteiger partial charge in [-0.25, -0.2) is 4.98 Å². The van der Waals surface area contributed by atoms with E-state index in [9.17, 15) is 0 Å². The van der Waals surface area contributed by atoms with Gasteiger partial charge in [-0.15, -0.1) is 0 Å². The fraction of sp³-hybridized carbons (Fsp3) is 0.786. The molecule has 0 amide bonds. The summed E-state index contributed by atoms with van der Waals surface area (Å²) in [5, 5.41) is 3.55. The highest BCUT2D eigenvalue weighted by molar-refractivity contribution is 5.08. The zero-order valence-corrected chi connectivity index (χ0v) is 11.3. The summed E-state index contributed by atoms with van der Waals surface area (Å²) in [4.78, 5) is 4.57. The van der Waals surface area contributed by atoms with Gasteiger partial charge in [0.25, 0.3) is 0 Å². The number of hydrogen-bond donors (Lipinski definition) is 1. The van der Waals surface area contributed by atoms with Crippen LogP contribution in [0.4, 0.5) is 0 Å². The second-order valence-electron chi connectivity index (χ2n) is 5.49. The van der Waals surface area contributed by atoms with Gasteiger partial charge in [0.15, 0.2) is 0 Å². The van der Waals surface area contributed by atoms with Crippen molar-refractivity contribution in [2.24, 2.45) is 5.92 Å². The van der Waals surface area contributed by atoms with Crippen molar-refractivity contribution < 1.29 is 0 Å². The maximum Gasteiger partial charge on any atom is 0.112 e. The molecular weight excluding hydrogens is 210 g/mol. The maximum atomic E-state index is 4.57. The van der Waals surface area contributed by atoms with Gasteiger partial charge < -0.3 is 9.88 Å². The Morgan fingerprint density at radius 2 is 2.29 bits per heavy atom. The molecule has 0 bridgehead atoms. The van der Waals surface area contributed by atoms with Crippen LogP contribution in [0.25, 0.3) is 0 Å². The van der Waals surface area contributed by atoms with Crippen molar-refractivity contribution in [1.82, 2.24) is 14.9 Å². The second kappa shape index (κ2) is 5.67. The number of hydrogen-bond acceptors (Lipinski definition) is 2. The van der Waals surface area contributed by atoms with Gasteiger partial charge in [-0.3, -0.25) is 0 Å². The minimum Gasteiger partial charge on any atom is -0.335 e. The Balaban J connectivity index is 1.95. The summed E-state index contributed by atoms with van der Waals surface area (Å²) < 4.78 is 2.34. The van der Waals surface area contributed by atoms with E-state index in [4.69, 9.17) is 0 Å². The first-order valence-electron chi connectivity index (χ1n) is 6.96. The van der Waals surface area contributed by atoms with Gasteiger partial charge >= 0.3 is 0 Å². The van der Waals surface area contributed by atoms with E-state index in [0.717, 1.165) is 19.0 Å². The molecule has 3 heteroatoms. The first kappa shape index (κ1) is 12.6. The molecule has 0 radical (unpaired) electrons. The molecule has 17 heavy (non-hydrogen) atoms. The Labute approximate surface area is 105 Å². The molecule has 1 aliphatic carbocycles. The Morgan fingerprint density at radius 1 is 1.47 bits per heavy atom. The van der Waals surface area contributed by atoms with Crippen molar-refractivity contribution in [1.29, 1.82) is 0 Å². The third-order valence-corrected chi connectivity index (χ3v) is 3.75. The first-order valence-corrected chi connectivity index (χ1v) is 6.96. The average molecular weight is 235 g/mol. The molecule has 0 saturated heterocycles. The van der Waals surface area contributed by atoms with Crippen LogP contribution in [0.2, 0.25) is 0 Å². The summed E-state index contributed by atoms with van der Waals surface area (Å²) >= 11 is 0. The zero-order valence-electron chi connectivity index (χ0n) is 11.3. The van der Waals surface area contributed by atoms with Crippen LogP contribution in [0.3, 0.4) is 0 Å². The number of nitrogens with one attached hydrogen (secondary N) is 1. The average Bonchev–Trinajstić information content (AvgIpc) is 2.65. The van der Waals surface area contributed by atoms with Crippen molar-refractivity contribution in [3.63, 3.8) is 0 Å². The molecule has 3 nitrogen and oxygen atoms in total. The van der Waals surface area contributed by atoms with E-state index in [1.807, 2.05) is 6.20 Å². The number of aryl methyl sites for hydroxylation is 1. The Hall–Kier alpha value is -0.830. The van der Waals surface area contributed by atoms with Crippen molar-refractivity contribution in [2.75, 3.05) is 6.54 Å². The maximum absolute atomic E-state index is 4.57. The van der Waals surface area contributed by atoms with Gasteiger partial charge in [-0.2, -0.15) is 0 Å². The molecule has 1 aliphatic rings. The lowest BCUT2D eigenvalue weighted by Crippen LogP contribution is -2.37. The summed E-state index contributed by atoms with van der Waals surface area (Å²) in [5.74, 6) is 2.78. The lowest BCUT2D eigenvalue weighted by atomic mass is 9.73. The monoisotopic (exact) mass is 235 g/mol. The highest BCUT2D eigenvalue weighted by Crippen LogP contribution is 2.41. The van der Waals surface area contributed by atoms with E-state index in [2.05, 4.69) is 41.8 Å². The van der Waals surface area contributed by atoms with E-state index in [0.29, 0.717) is 12.0 Å². The number of imidazole rings is 1. The third kappa shape index (κ3) is 2.89. The number of aromatic nitrogens is 2. The summed E-state index contributed by atoms with van der Waals surface area (Å²) in [6.07, 6.45) is 7.93. The largest absolute Gasteiger partial charge is 0.335 e. The molecule has 0 spiro atoms. The summed E-state index contributed by atoms with van der Waals surface area (Å²) in [6.45, 7) is 8.90. The first-order chi connectivity index (χ1) is 8.22. The van der Waals surface area contributed by atoms with E-state index in [-0.39, 0.29) is 0 Å². The molecule has 1 heterocycles. The van der Waals surface area contributed by atoms with Crippen molar-refractivity contribution in [3.8, 4) is 0 Å². The van der Waals surface area contributed by atoms with E-state index < -0.39 is 0 Å². The molecular formula is C14H25N3. The predicted molar refractivity (Wildman–Crippen MR) is 71.1 cm³/mol. The summed E-state index contributed by atoms with van der Waals surface area (Å²) in [7, 11) is 0. The fourth-order valence-corrected chi connectivity index (χ4v) is 2.62. The quantitative estimate of drug-likeness (QED) is 0.821. The molecule has 0 aromatic carbocycles. The molecule has 1 aromatic heterocycles. The van der Waals surface area contributed by atoms with Gasteiger partial charge in [-0.05, 0) is 31.7 Å². The van der Waals surface area contributed by atoms with Gasteiger partial charge in [0.05, 0.1) is 0 Å². The molecule has 1 saturated carbocycles. The SMILES string of the molecule is CCCn1ccnc1C1CCC1CNC(C)C. The molecule has 2 rings (SSSR count). The van der Waals surface area contributed by atoms with Gasteiger partial charge in [0.1, 0.15) is 5.82 Å². The summed E-state index contributed by atoms with van der Waals surface area (Å²) in [5.41, 5.74) is 0. The molecule has 1 aromatic rings. The van der Waals surface area contributed by atoms with Crippen LogP contribution in [0.5, 0.6) is 0 Å². The minimum atomic E-state index is 0.589. The molecule has 0 aliphatic heterocycles. The molecule has 2 unspecified atom stereocenters. The normalized spacial score (nSPS) is 24.0. The van der Waals surface area contributed by atoms with E-state index in [1.54, 1.807) is 0 Å². The Bertz CT molecular complexity index is 343.